The average molecular weight is 388 g/mol. The largest absolute Gasteiger partial charge is 0.454 e. The summed E-state index contributed by atoms with van der Waals surface area (Å²) in [4.78, 5) is 23.9. The number of rotatable bonds is 6. The minimum absolute atomic E-state index is 0.0244. The van der Waals surface area contributed by atoms with Crippen LogP contribution in [-0.2, 0) is 16.1 Å². The summed E-state index contributed by atoms with van der Waals surface area (Å²) in [5.41, 5.74) is 7.36. The molecular formula is C17H14ClN5O2S. The van der Waals surface area contributed by atoms with Crippen molar-refractivity contribution in [2.45, 2.75) is 6.61 Å². The molecule has 0 aliphatic heterocycles. The first kappa shape index (κ1) is 17.8. The molecule has 26 heavy (non-hydrogen) atoms. The highest BCUT2D eigenvalue weighted by Crippen LogP contribution is 2.17. The van der Waals surface area contributed by atoms with Gasteiger partial charge in [0.15, 0.2) is 12.4 Å². The Morgan fingerprint density at radius 3 is 2.77 bits per heavy atom. The fourth-order valence-electron chi connectivity index (χ4n) is 1.94. The molecule has 0 fully saturated rings. The molecule has 9 heteroatoms. The second-order valence-electron chi connectivity index (χ2n) is 5.06. The van der Waals surface area contributed by atoms with Crippen molar-refractivity contribution in [1.29, 1.82) is 0 Å². The van der Waals surface area contributed by atoms with Gasteiger partial charge in [-0.1, -0.05) is 11.6 Å². The van der Waals surface area contributed by atoms with E-state index in [9.17, 15) is 4.79 Å². The van der Waals surface area contributed by atoms with Crippen LogP contribution in [-0.4, -0.2) is 20.9 Å². The molecule has 0 unspecified atom stereocenters. The maximum absolute atomic E-state index is 11.8. The highest BCUT2D eigenvalue weighted by atomic mass is 35.5. The standard InChI is InChI=1S/C17H14ClN5O2S/c18-12-2-4-13(5-3-12)20-17-22-14(21-16(19)23-17)9-25-15(24)6-1-11-7-8-26-10-11/h1-8,10H,9H2,(H3,19,20,21,22,23). The van der Waals surface area contributed by atoms with E-state index in [1.807, 2.05) is 16.8 Å². The molecule has 0 atom stereocenters. The number of hydrogen-bond donors (Lipinski definition) is 2. The molecule has 2 heterocycles. The fourth-order valence-corrected chi connectivity index (χ4v) is 2.69. The van der Waals surface area contributed by atoms with Crippen LogP contribution in [0.3, 0.4) is 0 Å². The van der Waals surface area contributed by atoms with Gasteiger partial charge in [0.25, 0.3) is 0 Å². The number of nitrogens with one attached hydrogen (secondary N) is 1. The molecule has 3 aromatic rings. The zero-order valence-electron chi connectivity index (χ0n) is 13.4. The Hall–Kier alpha value is -2.97. The van der Waals surface area contributed by atoms with Gasteiger partial charge in [-0.25, -0.2) is 4.79 Å². The van der Waals surface area contributed by atoms with Crippen LogP contribution < -0.4 is 11.1 Å². The Morgan fingerprint density at radius 2 is 2.04 bits per heavy atom. The van der Waals surface area contributed by atoms with E-state index in [1.165, 1.54) is 6.08 Å². The molecular weight excluding hydrogens is 374 g/mol. The molecule has 0 radical (unpaired) electrons. The third-order valence-corrected chi connectivity index (χ3v) is 4.05. The first-order valence-corrected chi connectivity index (χ1v) is 8.80. The second-order valence-corrected chi connectivity index (χ2v) is 6.28. The third-order valence-electron chi connectivity index (χ3n) is 3.10. The molecule has 3 rings (SSSR count). The van der Waals surface area contributed by atoms with Crippen LogP contribution in [0, 0.1) is 0 Å². The maximum atomic E-state index is 11.8. The lowest BCUT2D eigenvalue weighted by Gasteiger charge is -2.07. The van der Waals surface area contributed by atoms with Crippen molar-refractivity contribution in [2.75, 3.05) is 11.1 Å². The Balaban J connectivity index is 1.62. The van der Waals surface area contributed by atoms with Crippen LogP contribution in [0.2, 0.25) is 5.02 Å². The summed E-state index contributed by atoms with van der Waals surface area (Å²) >= 11 is 7.40. The average Bonchev–Trinajstić information content (AvgIpc) is 3.13. The quantitative estimate of drug-likeness (QED) is 0.491. The number of carbonyl (C=O) groups is 1. The lowest BCUT2D eigenvalue weighted by atomic mass is 10.3. The zero-order valence-corrected chi connectivity index (χ0v) is 15.0. The summed E-state index contributed by atoms with van der Waals surface area (Å²) in [6.45, 7) is -0.116. The van der Waals surface area contributed by atoms with Gasteiger partial charge in [0, 0.05) is 16.8 Å². The molecule has 0 spiro atoms. The lowest BCUT2D eigenvalue weighted by Crippen LogP contribution is -2.10. The summed E-state index contributed by atoms with van der Waals surface area (Å²) in [6, 6.07) is 8.91. The second kappa shape index (κ2) is 8.41. The Labute approximate surface area is 158 Å². The van der Waals surface area contributed by atoms with Gasteiger partial charge in [0.05, 0.1) is 0 Å². The molecule has 1 aromatic carbocycles. The molecule has 0 aliphatic rings. The van der Waals surface area contributed by atoms with Crippen molar-refractivity contribution in [2.24, 2.45) is 0 Å². The molecule has 0 aliphatic carbocycles. The van der Waals surface area contributed by atoms with Crippen molar-refractivity contribution >= 4 is 52.6 Å². The number of benzene rings is 1. The molecule has 7 nitrogen and oxygen atoms in total. The van der Waals surface area contributed by atoms with Crippen LogP contribution in [0.4, 0.5) is 17.6 Å². The Bertz CT molecular complexity index is 913. The van der Waals surface area contributed by atoms with E-state index in [1.54, 1.807) is 41.7 Å². The van der Waals surface area contributed by atoms with Gasteiger partial charge >= 0.3 is 5.97 Å². The van der Waals surface area contributed by atoms with Crippen molar-refractivity contribution in [3.63, 3.8) is 0 Å². The predicted octanol–water partition coefficient (Wildman–Crippen LogP) is 3.67. The van der Waals surface area contributed by atoms with Gasteiger partial charge in [-0.05, 0) is 52.7 Å². The van der Waals surface area contributed by atoms with E-state index in [4.69, 9.17) is 22.1 Å². The van der Waals surface area contributed by atoms with Crippen molar-refractivity contribution in [1.82, 2.24) is 15.0 Å². The number of nitrogens with zero attached hydrogens (tertiary/aromatic N) is 3. The van der Waals surface area contributed by atoms with E-state index in [0.717, 1.165) is 11.3 Å². The van der Waals surface area contributed by atoms with E-state index in [-0.39, 0.29) is 24.3 Å². The molecule has 3 N–H and O–H groups in total. The number of carbonyl (C=O) groups excluding carboxylic acids is 1. The number of nitrogens with two attached hydrogens (primary N) is 1. The minimum Gasteiger partial charge on any atom is -0.454 e. The molecule has 132 valence electrons. The zero-order chi connectivity index (χ0) is 18.4. The highest BCUT2D eigenvalue weighted by molar-refractivity contribution is 7.08. The molecule has 0 saturated heterocycles. The Morgan fingerprint density at radius 1 is 1.23 bits per heavy atom. The van der Waals surface area contributed by atoms with Crippen molar-refractivity contribution in [3.8, 4) is 0 Å². The predicted molar refractivity (Wildman–Crippen MR) is 102 cm³/mol. The van der Waals surface area contributed by atoms with E-state index in [0.29, 0.717) is 5.02 Å². The number of esters is 1. The summed E-state index contributed by atoms with van der Waals surface area (Å²) in [5, 5.41) is 7.45. The van der Waals surface area contributed by atoms with Gasteiger partial charge in [-0.3, -0.25) is 0 Å². The molecule has 2 aromatic heterocycles. The van der Waals surface area contributed by atoms with Crippen LogP contribution >= 0.6 is 22.9 Å². The van der Waals surface area contributed by atoms with Crippen molar-refractivity contribution in [3.05, 3.63) is 63.6 Å². The first-order valence-electron chi connectivity index (χ1n) is 7.48. The number of halogens is 1. The summed E-state index contributed by atoms with van der Waals surface area (Å²) in [7, 11) is 0. The van der Waals surface area contributed by atoms with Crippen molar-refractivity contribution < 1.29 is 9.53 Å². The number of anilines is 3. The number of thiophene rings is 1. The van der Waals surface area contributed by atoms with Crippen LogP contribution in [0.15, 0.2) is 47.2 Å². The lowest BCUT2D eigenvalue weighted by molar-refractivity contribution is -0.139. The topological polar surface area (TPSA) is 103 Å². The first-order chi connectivity index (χ1) is 12.6. The highest BCUT2D eigenvalue weighted by Gasteiger charge is 2.07. The van der Waals surface area contributed by atoms with Crippen LogP contribution in [0.25, 0.3) is 6.08 Å². The van der Waals surface area contributed by atoms with Gasteiger partial charge in [0.1, 0.15) is 0 Å². The minimum atomic E-state index is -0.498. The fraction of sp³-hybridized carbons (Fsp3) is 0.0588. The SMILES string of the molecule is Nc1nc(COC(=O)C=Cc2ccsc2)nc(Nc2ccc(Cl)cc2)n1. The van der Waals surface area contributed by atoms with Crippen LogP contribution in [0.5, 0.6) is 0 Å². The molecule has 0 amide bonds. The third kappa shape index (κ3) is 5.27. The van der Waals surface area contributed by atoms with Gasteiger partial charge in [-0.15, -0.1) is 0 Å². The van der Waals surface area contributed by atoms with Crippen LogP contribution in [0.1, 0.15) is 11.4 Å². The Kier molecular flexibility index (Phi) is 5.77. The smallest absolute Gasteiger partial charge is 0.331 e. The number of nitrogen functional groups attached to an aromatic ring is 1. The van der Waals surface area contributed by atoms with Gasteiger partial charge in [-0.2, -0.15) is 26.3 Å². The number of aromatic nitrogens is 3. The molecule has 0 bridgehead atoms. The number of hydrogen-bond acceptors (Lipinski definition) is 8. The van der Waals surface area contributed by atoms with E-state index in [2.05, 4.69) is 20.3 Å². The monoisotopic (exact) mass is 387 g/mol. The van der Waals surface area contributed by atoms with Gasteiger partial charge in [0.2, 0.25) is 11.9 Å². The molecule has 0 saturated carbocycles. The summed E-state index contributed by atoms with van der Waals surface area (Å²) in [5.74, 6) is 0.0182. The summed E-state index contributed by atoms with van der Waals surface area (Å²) < 4.78 is 5.13. The van der Waals surface area contributed by atoms with E-state index < -0.39 is 5.97 Å². The number of ether oxygens (including phenoxy) is 1. The normalized spacial score (nSPS) is 10.8. The van der Waals surface area contributed by atoms with E-state index >= 15 is 0 Å². The summed E-state index contributed by atoms with van der Waals surface area (Å²) in [6.07, 6.45) is 3.02. The van der Waals surface area contributed by atoms with Gasteiger partial charge < -0.3 is 15.8 Å². The maximum Gasteiger partial charge on any atom is 0.331 e.